The van der Waals surface area contributed by atoms with E-state index in [1.807, 2.05) is 6.07 Å². The molecule has 2 aliphatic heterocycles. The van der Waals surface area contributed by atoms with Crippen LogP contribution in [0.3, 0.4) is 0 Å². The first-order chi connectivity index (χ1) is 13.7. The van der Waals surface area contributed by atoms with Crippen molar-refractivity contribution in [1.29, 1.82) is 0 Å². The van der Waals surface area contributed by atoms with Gasteiger partial charge in [0.1, 0.15) is 5.69 Å². The topological polar surface area (TPSA) is 72.9 Å². The zero-order valence-corrected chi connectivity index (χ0v) is 15.8. The van der Waals surface area contributed by atoms with E-state index in [1.54, 1.807) is 22.1 Å². The highest BCUT2D eigenvalue weighted by molar-refractivity contribution is 5.92. The summed E-state index contributed by atoms with van der Waals surface area (Å²) in [7, 11) is 0. The minimum atomic E-state index is -0.0999. The highest BCUT2D eigenvalue weighted by atomic mass is 16.2. The van der Waals surface area contributed by atoms with E-state index in [1.165, 1.54) is 5.69 Å². The van der Waals surface area contributed by atoms with Gasteiger partial charge in [0.25, 0.3) is 5.91 Å². The van der Waals surface area contributed by atoms with Crippen LogP contribution in [-0.2, 0) is 4.79 Å². The first kappa shape index (κ1) is 18.2. The maximum atomic E-state index is 12.8. The fourth-order valence-electron chi connectivity index (χ4n) is 3.62. The van der Waals surface area contributed by atoms with Crippen molar-refractivity contribution in [2.24, 2.45) is 0 Å². The summed E-state index contributed by atoms with van der Waals surface area (Å²) < 4.78 is 0. The zero-order valence-electron chi connectivity index (χ0n) is 15.8. The number of hydrogen-bond donors (Lipinski definition) is 0. The Morgan fingerprint density at radius 2 is 1.54 bits per heavy atom. The van der Waals surface area contributed by atoms with E-state index in [-0.39, 0.29) is 5.91 Å². The number of anilines is 2. The van der Waals surface area contributed by atoms with Crippen LogP contribution in [0.1, 0.15) is 10.5 Å². The molecular formula is C20H24N6O2. The van der Waals surface area contributed by atoms with E-state index in [9.17, 15) is 9.59 Å². The molecule has 2 aliphatic rings. The summed E-state index contributed by atoms with van der Waals surface area (Å²) in [5, 5.41) is 0. The van der Waals surface area contributed by atoms with Gasteiger partial charge in [-0.3, -0.25) is 9.59 Å². The van der Waals surface area contributed by atoms with Crippen LogP contribution in [0, 0.1) is 0 Å². The smallest absolute Gasteiger partial charge is 0.272 e. The minimum absolute atomic E-state index is 0.0999. The molecule has 8 heteroatoms. The average Bonchev–Trinajstić information content (AvgIpc) is 2.79. The SMILES string of the molecule is O=CN1CCN(C(=O)c2ccnc(N3CCN(c4ccccc4)CC3)n2)CC1. The van der Waals surface area contributed by atoms with Gasteiger partial charge in [0.2, 0.25) is 12.4 Å². The van der Waals surface area contributed by atoms with Crippen LogP contribution in [0.15, 0.2) is 42.6 Å². The van der Waals surface area contributed by atoms with Crippen LogP contribution in [-0.4, -0.2) is 84.4 Å². The highest BCUT2D eigenvalue weighted by Gasteiger charge is 2.24. The van der Waals surface area contributed by atoms with Gasteiger partial charge in [0.15, 0.2) is 0 Å². The highest BCUT2D eigenvalue weighted by Crippen LogP contribution is 2.18. The van der Waals surface area contributed by atoms with Gasteiger partial charge in [-0.15, -0.1) is 0 Å². The van der Waals surface area contributed by atoms with Crippen molar-refractivity contribution in [1.82, 2.24) is 19.8 Å². The van der Waals surface area contributed by atoms with Gasteiger partial charge >= 0.3 is 0 Å². The van der Waals surface area contributed by atoms with Gasteiger partial charge in [0.05, 0.1) is 0 Å². The second kappa shape index (κ2) is 8.24. The number of rotatable bonds is 4. The third-order valence-electron chi connectivity index (χ3n) is 5.30. The normalized spacial score (nSPS) is 17.6. The second-order valence-corrected chi connectivity index (χ2v) is 6.99. The predicted molar refractivity (Wildman–Crippen MR) is 106 cm³/mol. The van der Waals surface area contributed by atoms with E-state index in [4.69, 9.17) is 0 Å². The summed E-state index contributed by atoms with van der Waals surface area (Å²) >= 11 is 0. The fraction of sp³-hybridized carbons (Fsp3) is 0.400. The molecule has 0 aliphatic carbocycles. The third-order valence-corrected chi connectivity index (χ3v) is 5.30. The van der Waals surface area contributed by atoms with Crippen molar-refractivity contribution in [3.63, 3.8) is 0 Å². The minimum Gasteiger partial charge on any atom is -0.368 e. The van der Waals surface area contributed by atoms with Crippen molar-refractivity contribution < 1.29 is 9.59 Å². The number of piperazine rings is 2. The van der Waals surface area contributed by atoms with E-state index in [0.717, 1.165) is 32.6 Å². The molecule has 3 heterocycles. The molecule has 0 bridgehead atoms. The third kappa shape index (κ3) is 3.90. The Bertz CT molecular complexity index is 814. The summed E-state index contributed by atoms with van der Waals surface area (Å²) in [4.78, 5) is 40.4. The van der Waals surface area contributed by atoms with Crippen molar-refractivity contribution in [2.45, 2.75) is 0 Å². The number of aromatic nitrogens is 2. The molecule has 2 saturated heterocycles. The van der Waals surface area contributed by atoms with Crippen molar-refractivity contribution in [3.8, 4) is 0 Å². The lowest BCUT2D eigenvalue weighted by molar-refractivity contribution is -0.119. The number of carbonyl (C=O) groups is 2. The molecule has 28 heavy (non-hydrogen) atoms. The van der Waals surface area contributed by atoms with Crippen LogP contribution in [0.2, 0.25) is 0 Å². The standard InChI is InChI=1S/C20H24N6O2/c27-16-23-8-10-25(11-9-23)19(28)18-6-7-21-20(22-18)26-14-12-24(13-15-26)17-4-2-1-3-5-17/h1-7,16H,8-15H2. The molecule has 2 amide bonds. The molecule has 1 aromatic heterocycles. The van der Waals surface area contributed by atoms with Crippen molar-refractivity contribution in [3.05, 3.63) is 48.3 Å². The van der Waals surface area contributed by atoms with Gasteiger partial charge in [-0.2, -0.15) is 0 Å². The summed E-state index contributed by atoms with van der Waals surface area (Å²) in [5.41, 5.74) is 1.64. The van der Waals surface area contributed by atoms with Crippen molar-refractivity contribution >= 4 is 24.0 Å². The lowest BCUT2D eigenvalue weighted by Crippen LogP contribution is -2.48. The molecule has 1 aromatic carbocycles. The predicted octanol–water partition coefficient (Wildman–Crippen LogP) is 0.717. The van der Waals surface area contributed by atoms with Gasteiger partial charge in [-0.25, -0.2) is 9.97 Å². The molecule has 146 valence electrons. The first-order valence-electron chi connectivity index (χ1n) is 9.61. The Labute approximate surface area is 164 Å². The number of benzene rings is 1. The molecule has 0 saturated carbocycles. The van der Waals surface area contributed by atoms with Gasteiger partial charge in [-0.05, 0) is 18.2 Å². The summed E-state index contributed by atoms with van der Waals surface area (Å²) in [6.07, 6.45) is 2.49. The number of nitrogens with zero attached hydrogens (tertiary/aromatic N) is 6. The van der Waals surface area contributed by atoms with Crippen LogP contribution >= 0.6 is 0 Å². The Kier molecular flexibility index (Phi) is 5.36. The number of para-hydroxylation sites is 1. The lowest BCUT2D eigenvalue weighted by Gasteiger charge is -2.36. The van der Waals surface area contributed by atoms with Gasteiger partial charge < -0.3 is 19.6 Å². The molecule has 0 unspecified atom stereocenters. The molecule has 4 rings (SSSR count). The molecular weight excluding hydrogens is 356 g/mol. The van der Waals surface area contributed by atoms with E-state index < -0.39 is 0 Å². The maximum Gasteiger partial charge on any atom is 0.272 e. The molecule has 0 radical (unpaired) electrons. The quantitative estimate of drug-likeness (QED) is 0.728. The second-order valence-electron chi connectivity index (χ2n) is 6.99. The molecule has 2 aromatic rings. The number of carbonyl (C=O) groups excluding carboxylic acids is 2. The van der Waals surface area contributed by atoms with Crippen LogP contribution in [0.25, 0.3) is 0 Å². The van der Waals surface area contributed by atoms with E-state index in [2.05, 4.69) is 44.0 Å². The average molecular weight is 380 g/mol. The lowest BCUT2D eigenvalue weighted by atomic mass is 10.2. The molecule has 0 spiro atoms. The van der Waals surface area contributed by atoms with Gasteiger partial charge in [0, 0.05) is 64.2 Å². The number of amides is 2. The van der Waals surface area contributed by atoms with Crippen LogP contribution < -0.4 is 9.80 Å². The zero-order chi connectivity index (χ0) is 19.3. The summed E-state index contributed by atoms with van der Waals surface area (Å²) in [5.74, 6) is 0.502. The van der Waals surface area contributed by atoms with Gasteiger partial charge in [-0.1, -0.05) is 18.2 Å². The summed E-state index contributed by atoms with van der Waals surface area (Å²) in [6.45, 7) is 5.59. The molecule has 8 nitrogen and oxygen atoms in total. The molecule has 0 atom stereocenters. The van der Waals surface area contributed by atoms with E-state index in [0.29, 0.717) is 37.8 Å². The fourth-order valence-corrected chi connectivity index (χ4v) is 3.62. The maximum absolute atomic E-state index is 12.8. The Morgan fingerprint density at radius 1 is 0.857 bits per heavy atom. The van der Waals surface area contributed by atoms with Crippen LogP contribution in [0.5, 0.6) is 0 Å². The largest absolute Gasteiger partial charge is 0.368 e. The Balaban J connectivity index is 1.39. The van der Waals surface area contributed by atoms with Crippen molar-refractivity contribution in [2.75, 3.05) is 62.2 Å². The molecule has 0 N–H and O–H groups in total. The number of hydrogen-bond acceptors (Lipinski definition) is 6. The van der Waals surface area contributed by atoms with Crippen LogP contribution in [0.4, 0.5) is 11.6 Å². The first-order valence-corrected chi connectivity index (χ1v) is 9.61. The molecule has 2 fully saturated rings. The Hall–Kier alpha value is -3.16. The van der Waals surface area contributed by atoms with E-state index >= 15 is 0 Å². The summed E-state index contributed by atoms with van der Waals surface area (Å²) in [6, 6.07) is 12.0. The Morgan fingerprint density at radius 3 is 2.21 bits per heavy atom. The monoisotopic (exact) mass is 380 g/mol.